The first-order valence-corrected chi connectivity index (χ1v) is 9.16. The summed E-state index contributed by atoms with van der Waals surface area (Å²) >= 11 is 0. The van der Waals surface area contributed by atoms with Crippen molar-refractivity contribution in [3.05, 3.63) is 42.1 Å². The lowest BCUT2D eigenvalue weighted by Crippen LogP contribution is -2.35. The van der Waals surface area contributed by atoms with Gasteiger partial charge in [-0.25, -0.2) is 4.68 Å². The van der Waals surface area contributed by atoms with E-state index in [0.717, 1.165) is 57.2 Å². The summed E-state index contributed by atoms with van der Waals surface area (Å²) in [6.07, 6.45) is 4.37. The van der Waals surface area contributed by atoms with Gasteiger partial charge in [0.1, 0.15) is 18.2 Å². The van der Waals surface area contributed by atoms with Gasteiger partial charge in [-0.2, -0.15) is 5.10 Å². The standard InChI is InChI=1S/C19H26N4O2/c1-2-18(24-9-1)14-25-17-5-3-15(4-6-17)10-20-11-16-12-21-19-7-8-22-23(19)13-16/h3-8,16,18,20-21H,1-2,9-14H2/t16-,18+/m1/s1. The quantitative estimate of drug-likeness (QED) is 0.808. The van der Waals surface area contributed by atoms with E-state index in [1.165, 1.54) is 5.56 Å². The molecule has 25 heavy (non-hydrogen) atoms. The van der Waals surface area contributed by atoms with E-state index in [1.54, 1.807) is 0 Å². The van der Waals surface area contributed by atoms with Gasteiger partial charge in [-0.3, -0.25) is 0 Å². The number of nitrogens with zero attached hydrogens (tertiary/aromatic N) is 2. The zero-order valence-corrected chi connectivity index (χ0v) is 14.5. The Morgan fingerprint density at radius 3 is 3.04 bits per heavy atom. The molecule has 0 saturated carbocycles. The molecular weight excluding hydrogens is 316 g/mol. The Hall–Kier alpha value is -2.05. The summed E-state index contributed by atoms with van der Waals surface area (Å²) in [4.78, 5) is 0. The van der Waals surface area contributed by atoms with Crippen LogP contribution in [0.4, 0.5) is 5.82 Å². The smallest absolute Gasteiger partial charge is 0.124 e. The van der Waals surface area contributed by atoms with Crippen LogP contribution in [-0.4, -0.2) is 42.2 Å². The molecule has 1 aromatic carbocycles. The van der Waals surface area contributed by atoms with Crippen LogP contribution in [0.1, 0.15) is 18.4 Å². The Balaban J connectivity index is 1.18. The topological polar surface area (TPSA) is 60.3 Å². The van der Waals surface area contributed by atoms with Gasteiger partial charge < -0.3 is 20.1 Å². The minimum atomic E-state index is 0.265. The van der Waals surface area contributed by atoms with Crippen LogP contribution >= 0.6 is 0 Å². The minimum absolute atomic E-state index is 0.265. The molecule has 6 nitrogen and oxygen atoms in total. The molecule has 1 fully saturated rings. The van der Waals surface area contributed by atoms with Gasteiger partial charge in [0, 0.05) is 44.8 Å². The summed E-state index contributed by atoms with van der Waals surface area (Å²) < 4.78 is 13.4. The number of hydrogen-bond acceptors (Lipinski definition) is 5. The second-order valence-corrected chi connectivity index (χ2v) is 6.87. The summed E-state index contributed by atoms with van der Waals surface area (Å²) in [5.74, 6) is 2.60. The predicted molar refractivity (Wildman–Crippen MR) is 96.8 cm³/mol. The minimum Gasteiger partial charge on any atom is -0.491 e. The van der Waals surface area contributed by atoms with Gasteiger partial charge in [-0.05, 0) is 30.5 Å². The molecule has 6 heteroatoms. The molecule has 0 bridgehead atoms. The van der Waals surface area contributed by atoms with E-state index in [4.69, 9.17) is 9.47 Å². The first kappa shape index (κ1) is 16.4. The van der Waals surface area contributed by atoms with Crippen molar-refractivity contribution in [1.29, 1.82) is 0 Å². The van der Waals surface area contributed by atoms with Gasteiger partial charge in [-0.1, -0.05) is 12.1 Å². The first-order valence-electron chi connectivity index (χ1n) is 9.16. The van der Waals surface area contributed by atoms with Crippen molar-refractivity contribution in [2.45, 2.75) is 32.0 Å². The van der Waals surface area contributed by atoms with E-state index in [2.05, 4.69) is 27.9 Å². The highest BCUT2D eigenvalue weighted by molar-refractivity contribution is 5.35. The normalized spacial score (nSPS) is 22.4. The third-order valence-corrected chi connectivity index (χ3v) is 4.86. The zero-order chi connectivity index (χ0) is 16.9. The lowest BCUT2D eigenvalue weighted by molar-refractivity contribution is 0.0679. The Morgan fingerprint density at radius 1 is 1.28 bits per heavy atom. The third kappa shape index (κ3) is 4.32. The van der Waals surface area contributed by atoms with Crippen molar-refractivity contribution in [3.63, 3.8) is 0 Å². The molecule has 0 spiro atoms. The van der Waals surface area contributed by atoms with Crippen LogP contribution in [0.5, 0.6) is 5.75 Å². The van der Waals surface area contributed by atoms with E-state index in [-0.39, 0.29) is 6.10 Å². The molecule has 2 aliphatic heterocycles. The predicted octanol–water partition coefficient (Wildman–Crippen LogP) is 2.27. The van der Waals surface area contributed by atoms with Crippen molar-refractivity contribution >= 4 is 5.82 Å². The maximum Gasteiger partial charge on any atom is 0.124 e. The van der Waals surface area contributed by atoms with E-state index >= 15 is 0 Å². The van der Waals surface area contributed by atoms with Crippen LogP contribution in [0.2, 0.25) is 0 Å². The molecule has 2 aromatic rings. The van der Waals surface area contributed by atoms with Crippen molar-refractivity contribution in [2.75, 3.05) is 31.6 Å². The fourth-order valence-electron chi connectivity index (χ4n) is 3.41. The summed E-state index contributed by atoms with van der Waals surface area (Å²) in [5, 5.41) is 11.3. The van der Waals surface area contributed by atoms with Crippen LogP contribution in [0.25, 0.3) is 0 Å². The van der Waals surface area contributed by atoms with Gasteiger partial charge >= 0.3 is 0 Å². The molecule has 0 radical (unpaired) electrons. The fraction of sp³-hybridized carbons (Fsp3) is 0.526. The molecule has 0 unspecified atom stereocenters. The molecule has 2 atom stereocenters. The molecule has 1 aromatic heterocycles. The average Bonchev–Trinajstić information content (AvgIpc) is 3.32. The molecule has 134 valence electrons. The average molecular weight is 342 g/mol. The van der Waals surface area contributed by atoms with Crippen molar-refractivity contribution in [2.24, 2.45) is 5.92 Å². The molecule has 4 rings (SSSR count). The SMILES string of the molecule is c1cc2n(n1)C[C@H](CNCc1ccc(OC[C@@H]3CCCO3)cc1)CN2. The molecule has 0 aliphatic carbocycles. The Kier molecular flexibility index (Phi) is 5.18. The monoisotopic (exact) mass is 342 g/mol. The van der Waals surface area contributed by atoms with Crippen LogP contribution in [0, 0.1) is 5.92 Å². The molecule has 3 heterocycles. The lowest BCUT2D eigenvalue weighted by atomic mass is 10.1. The second kappa shape index (κ2) is 7.89. The first-order chi connectivity index (χ1) is 12.4. The van der Waals surface area contributed by atoms with Gasteiger partial charge in [0.25, 0.3) is 0 Å². The van der Waals surface area contributed by atoms with Crippen molar-refractivity contribution < 1.29 is 9.47 Å². The third-order valence-electron chi connectivity index (χ3n) is 4.86. The number of hydrogen-bond donors (Lipinski definition) is 2. The highest BCUT2D eigenvalue weighted by atomic mass is 16.5. The fourth-order valence-corrected chi connectivity index (χ4v) is 3.41. The summed E-state index contributed by atoms with van der Waals surface area (Å²) in [7, 11) is 0. The Morgan fingerprint density at radius 2 is 2.20 bits per heavy atom. The van der Waals surface area contributed by atoms with E-state index < -0.39 is 0 Å². The Bertz CT molecular complexity index is 664. The van der Waals surface area contributed by atoms with Gasteiger partial charge in [-0.15, -0.1) is 0 Å². The molecule has 1 saturated heterocycles. The van der Waals surface area contributed by atoms with Crippen molar-refractivity contribution in [3.8, 4) is 5.75 Å². The molecule has 2 aliphatic rings. The number of ether oxygens (including phenoxy) is 2. The molecule has 2 N–H and O–H groups in total. The van der Waals surface area contributed by atoms with Crippen LogP contribution in [-0.2, 0) is 17.8 Å². The maximum atomic E-state index is 5.81. The zero-order valence-electron chi connectivity index (χ0n) is 14.5. The number of benzene rings is 1. The number of aromatic nitrogens is 2. The highest BCUT2D eigenvalue weighted by Gasteiger charge is 2.18. The van der Waals surface area contributed by atoms with Crippen LogP contribution in [0.15, 0.2) is 36.5 Å². The number of rotatable bonds is 7. The molecular formula is C19H26N4O2. The van der Waals surface area contributed by atoms with E-state index in [1.807, 2.05) is 29.1 Å². The van der Waals surface area contributed by atoms with Crippen LogP contribution < -0.4 is 15.4 Å². The summed E-state index contributed by atoms with van der Waals surface area (Å²) in [5.41, 5.74) is 1.27. The lowest BCUT2D eigenvalue weighted by Gasteiger charge is -2.25. The van der Waals surface area contributed by atoms with E-state index in [9.17, 15) is 0 Å². The number of nitrogens with one attached hydrogen (secondary N) is 2. The highest BCUT2D eigenvalue weighted by Crippen LogP contribution is 2.17. The number of fused-ring (bicyclic) bond motifs is 1. The summed E-state index contributed by atoms with van der Waals surface area (Å²) in [6.45, 7) is 5.34. The van der Waals surface area contributed by atoms with Crippen LogP contribution in [0.3, 0.4) is 0 Å². The van der Waals surface area contributed by atoms with Gasteiger partial charge in [0.15, 0.2) is 0 Å². The largest absolute Gasteiger partial charge is 0.491 e. The van der Waals surface area contributed by atoms with Crippen molar-refractivity contribution in [1.82, 2.24) is 15.1 Å². The summed E-state index contributed by atoms with van der Waals surface area (Å²) in [6, 6.07) is 10.4. The molecule has 0 amide bonds. The van der Waals surface area contributed by atoms with Gasteiger partial charge in [0.05, 0.1) is 12.3 Å². The van der Waals surface area contributed by atoms with Gasteiger partial charge in [0.2, 0.25) is 0 Å². The maximum absolute atomic E-state index is 5.81. The number of anilines is 1. The second-order valence-electron chi connectivity index (χ2n) is 6.87. The van der Waals surface area contributed by atoms with E-state index in [0.29, 0.717) is 12.5 Å². The Labute approximate surface area is 148 Å².